The van der Waals surface area contributed by atoms with Crippen LogP contribution in [0.1, 0.15) is 62.6 Å². The zero-order valence-electron chi connectivity index (χ0n) is 33.2. The average molecular weight is 821 g/mol. The van der Waals surface area contributed by atoms with Crippen molar-refractivity contribution in [3.63, 3.8) is 0 Å². The van der Waals surface area contributed by atoms with Crippen LogP contribution in [0.4, 0.5) is 21.2 Å². The summed E-state index contributed by atoms with van der Waals surface area (Å²) in [6, 6.07) is 17.8. The van der Waals surface area contributed by atoms with Crippen LogP contribution < -0.4 is 19.9 Å². The van der Waals surface area contributed by atoms with E-state index in [1.165, 1.54) is 0 Å². The van der Waals surface area contributed by atoms with Crippen LogP contribution >= 0.6 is 11.6 Å². The molecule has 2 fully saturated rings. The molecule has 1 unspecified atom stereocenters. The number of nitrogens with zero attached hydrogens (tertiary/aromatic N) is 3. The van der Waals surface area contributed by atoms with Crippen molar-refractivity contribution in [2.45, 2.75) is 101 Å². The molecule has 0 aromatic heterocycles. The fourth-order valence-electron chi connectivity index (χ4n) is 9.67. The number of benzene rings is 3. The Hall–Kier alpha value is -3.85. The number of nitrogens with one attached hydrogen (secondary N) is 1. The van der Waals surface area contributed by atoms with E-state index in [0.717, 1.165) is 35.4 Å². The lowest BCUT2D eigenvalue weighted by atomic mass is 9.82. The third-order valence-electron chi connectivity index (χ3n) is 12.3. The first-order valence-corrected chi connectivity index (χ1v) is 23.6. The molecule has 7 rings (SSSR count). The standard InChI is InChI=1S/C43H54ClFN4O7Si/c1-5-55-33-15-17-36-29(21-33)22-35(46-18-6-7-20-50)41(53)49(36)31-13-10-28(11-14-31)25-48-37-16-12-30(44)23-34(37)43(42(48)54)27(2)40(57(3,4)45)38(56-43)24-39(52)47-19-8-9-32(47)26-51/h10-17,21,23,27,32,35,38,40,46,50-51H,5-9,18-20,22,24-26H2,1-4H3/t27-,32+,35?,38+,40-,43+/m1/s1. The van der Waals surface area contributed by atoms with Gasteiger partial charge in [0.15, 0.2) is 5.60 Å². The number of rotatable bonds is 14. The van der Waals surface area contributed by atoms with Gasteiger partial charge in [-0.05, 0) is 118 Å². The highest BCUT2D eigenvalue weighted by atomic mass is 35.5. The van der Waals surface area contributed by atoms with E-state index in [9.17, 15) is 24.6 Å². The highest BCUT2D eigenvalue weighted by Gasteiger charge is 2.67. The predicted molar refractivity (Wildman–Crippen MR) is 220 cm³/mol. The predicted octanol–water partition coefficient (Wildman–Crippen LogP) is 6.39. The van der Waals surface area contributed by atoms with E-state index in [0.29, 0.717) is 60.9 Å². The van der Waals surface area contributed by atoms with E-state index < -0.39 is 37.6 Å². The molecule has 3 amide bonds. The summed E-state index contributed by atoms with van der Waals surface area (Å²) in [6.07, 6.45) is 2.48. The van der Waals surface area contributed by atoms with E-state index in [4.69, 9.17) is 21.1 Å². The molecule has 11 nitrogen and oxygen atoms in total. The minimum absolute atomic E-state index is 0.0808. The van der Waals surface area contributed by atoms with Crippen LogP contribution in [0.5, 0.6) is 5.75 Å². The van der Waals surface area contributed by atoms with Gasteiger partial charge >= 0.3 is 0 Å². The Morgan fingerprint density at radius 2 is 1.82 bits per heavy atom. The number of ether oxygens (including phenoxy) is 2. The number of likely N-dealkylation sites (tertiary alicyclic amines) is 1. The van der Waals surface area contributed by atoms with Crippen LogP contribution in [0.3, 0.4) is 0 Å². The number of carbonyl (C=O) groups is 3. The number of hydrogen-bond donors (Lipinski definition) is 3. The third kappa shape index (κ3) is 7.74. The van der Waals surface area contributed by atoms with E-state index >= 15 is 4.11 Å². The van der Waals surface area contributed by atoms with Gasteiger partial charge in [-0.2, -0.15) is 0 Å². The van der Waals surface area contributed by atoms with Crippen LogP contribution in [0.2, 0.25) is 23.7 Å². The van der Waals surface area contributed by atoms with Gasteiger partial charge in [0.05, 0.1) is 55.7 Å². The van der Waals surface area contributed by atoms with E-state index in [1.807, 2.05) is 56.3 Å². The van der Waals surface area contributed by atoms with Gasteiger partial charge in [-0.15, -0.1) is 0 Å². The summed E-state index contributed by atoms with van der Waals surface area (Å²) in [6.45, 7) is 8.79. The van der Waals surface area contributed by atoms with Crippen molar-refractivity contribution >= 4 is 54.8 Å². The Bertz CT molecular complexity index is 1980. The van der Waals surface area contributed by atoms with E-state index in [2.05, 4.69) is 5.32 Å². The smallest absolute Gasteiger partial charge is 0.264 e. The lowest BCUT2D eigenvalue weighted by Gasteiger charge is -2.35. The molecule has 0 aliphatic carbocycles. The second kappa shape index (κ2) is 16.8. The summed E-state index contributed by atoms with van der Waals surface area (Å²) >= 11 is 6.58. The first-order chi connectivity index (χ1) is 27.3. The van der Waals surface area contributed by atoms with Crippen molar-refractivity contribution in [1.29, 1.82) is 0 Å². The molecule has 0 radical (unpaired) electrons. The molecule has 0 bridgehead atoms. The Labute approximate surface area is 340 Å². The normalized spacial score (nSPS) is 25.8. The monoisotopic (exact) mass is 820 g/mol. The highest BCUT2D eigenvalue weighted by molar-refractivity contribution is 6.72. The molecule has 6 atom stereocenters. The molecule has 2 saturated heterocycles. The number of hydrogen-bond acceptors (Lipinski definition) is 8. The number of aliphatic hydroxyl groups is 2. The second-order valence-corrected chi connectivity index (χ2v) is 20.5. The molecule has 306 valence electrons. The first kappa shape index (κ1) is 41.3. The zero-order valence-corrected chi connectivity index (χ0v) is 34.9. The molecule has 3 aromatic carbocycles. The lowest BCUT2D eigenvalue weighted by molar-refractivity contribution is -0.150. The fraction of sp³-hybridized carbons (Fsp3) is 0.512. The van der Waals surface area contributed by atoms with Crippen LogP contribution in [-0.2, 0) is 37.7 Å². The average Bonchev–Trinajstić information content (AvgIpc) is 3.84. The quantitative estimate of drug-likeness (QED) is 0.0970. The second-order valence-electron chi connectivity index (χ2n) is 16.3. The molecule has 1 spiro atoms. The van der Waals surface area contributed by atoms with Crippen molar-refractivity contribution in [3.05, 3.63) is 82.4 Å². The Kier molecular flexibility index (Phi) is 12.2. The molecule has 14 heteroatoms. The van der Waals surface area contributed by atoms with Gasteiger partial charge in [0.1, 0.15) is 5.75 Å². The largest absolute Gasteiger partial charge is 0.494 e. The Balaban J connectivity index is 1.17. The maximum Gasteiger partial charge on any atom is 0.264 e. The topological polar surface area (TPSA) is 132 Å². The number of fused-ring (bicyclic) bond motifs is 3. The van der Waals surface area contributed by atoms with Crippen molar-refractivity contribution in [3.8, 4) is 5.75 Å². The summed E-state index contributed by atoms with van der Waals surface area (Å²) in [4.78, 5) is 47.7. The minimum atomic E-state index is -3.52. The molecule has 0 saturated carbocycles. The van der Waals surface area contributed by atoms with Gasteiger partial charge < -0.3 is 38.9 Å². The van der Waals surface area contributed by atoms with Crippen LogP contribution in [0.25, 0.3) is 0 Å². The molecule has 4 heterocycles. The van der Waals surface area contributed by atoms with Gasteiger partial charge in [-0.1, -0.05) is 30.7 Å². The summed E-state index contributed by atoms with van der Waals surface area (Å²) in [5.74, 6) is -0.476. The van der Waals surface area contributed by atoms with Crippen molar-refractivity contribution in [2.75, 3.05) is 42.7 Å². The number of halogens is 2. The summed E-state index contributed by atoms with van der Waals surface area (Å²) in [7, 11) is -3.52. The van der Waals surface area contributed by atoms with E-state index in [1.54, 1.807) is 46.0 Å². The number of carbonyl (C=O) groups excluding carboxylic acids is 3. The Morgan fingerprint density at radius 1 is 1.07 bits per heavy atom. The maximum absolute atomic E-state index is 16.4. The number of unbranched alkanes of at least 4 members (excludes halogenated alkanes) is 1. The molecule has 4 aliphatic heterocycles. The van der Waals surface area contributed by atoms with Crippen molar-refractivity contribution < 1.29 is 38.2 Å². The number of aliphatic hydroxyl groups excluding tert-OH is 2. The first-order valence-electron chi connectivity index (χ1n) is 20.2. The molecule has 57 heavy (non-hydrogen) atoms. The fourth-order valence-corrected chi connectivity index (χ4v) is 12.3. The van der Waals surface area contributed by atoms with Gasteiger partial charge in [0.25, 0.3) is 5.91 Å². The molecular weight excluding hydrogens is 767 g/mol. The molecule has 3 aromatic rings. The Morgan fingerprint density at radius 3 is 2.53 bits per heavy atom. The SMILES string of the molecule is CCOc1ccc2c(c1)CC(NCCCCO)C(=O)N2c1ccc(CN2C(=O)[C@@]3(O[C@@H](CC(=O)N4CCC[C@H]4CO)[C@H]([Si](C)(C)F)[C@H]3C)c3cc(Cl)ccc32)cc1. The van der Waals surface area contributed by atoms with Crippen LogP contribution in [-0.4, -0.2) is 92.3 Å². The van der Waals surface area contributed by atoms with Gasteiger partial charge in [-0.3, -0.25) is 19.3 Å². The van der Waals surface area contributed by atoms with Crippen LogP contribution in [0, 0.1) is 5.92 Å². The summed E-state index contributed by atoms with van der Waals surface area (Å²) in [5.41, 5.74) is 2.21. The zero-order chi connectivity index (χ0) is 40.6. The van der Waals surface area contributed by atoms with Crippen molar-refractivity contribution in [1.82, 2.24) is 10.2 Å². The third-order valence-corrected chi connectivity index (χ3v) is 15.0. The number of anilines is 3. The molecule has 3 N–H and O–H groups in total. The molecular formula is C43H54ClFN4O7Si. The summed E-state index contributed by atoms with van der Waals surface area (Å²) < 4.78 is 29.0. The van der Waals surface area contributed by atoms with Gasteiger partial charge in [0, 0.05) is 40.9 Å². The van der Waals surface area contributed by atoms with Crippen molar-refractivity contribution in [2.24, 2.45) is 5.92 Å². The summed E-state index contributed by atoms with van der Waals surface area (Å²) in [5, 5.41) is 23.0. The number of amides is 3. The lowest BCUT2D eigenvalue weighted by Crippen LogP contribution is -2.49. The van der Waals surface area contributed by atoms with Gasteiger partial charge in [-0.25, -0.2) is 0 Å². The minimum Gasteiger partial charge on any atom is -0.494 e. The van der Waals surface area contributed by atoms with Crippen LogP contribution in [0.15, 0.2) is 60.7 Å². The van der Waals surface area contributed by atoms with E-state index in [-0.39, 0.29) is 49.9 Å². The highest BCUT2D eigenvalue weighted by Crippen LogP contribution is 2.60. The maximum atomic E-state index is 16.4. The van der Waals surface area contributed by atoms with Gasteiger partial charge in [0.2, 0.25) is 20.2 Å². The molecule has 4 aliphatic rings.